The van der Waals surface area contributed by atoms with E-state index in [9.17, 15) is 9.90 Å². The highest BCUT2D eigenvalue weighted by molar-refractivity contribution is 6.87. The predicted molar refractivity (Wildman–Crippen MR) is 125 cm³/mol. The number of rotatable bonds is 9. The molecule has 0 fully saturated rings. The summed E-state index contributed by atoms with van der Waals surface area (Å²) >= 11 is 0. The number of amides is 1. The van der Waals surface area contributed by atoms with Gasteiger partial charge in [0.2, 0.25) is 0 Å². The second-order valence-corrected chi connectivity index (χ2v) is 18.2. The highest BCUT2D eigenvalue weighted by Gasteiger charge is 2.59. The Morgan fingerprint density at radius 1 is 0.857 bits per heavy atom. The van der Waals surface area contributed by atoms with Crippen molar-refractivity contribution in [2.45, 2.75) is 90.5 Å². The maximum absolute atomic E-state index is 12.1. The molecule has 2 rings (SSSR count). The molecule has 1 heterocycles. The third-order valence-corrected chi connectivity index (χ3v) is 18.6. The van der Waals surface area contributed by atoms with Gasteiger partial charge < -0.3 is 14.2 Å². The van der Waals surface area contributed by atoms with Crippen LogP contribution in [0.3, 0.4) is 0 Å². The van der Waals surface area contributed by atoms with E-state index in [1.54, 1.807) is 0 Å². The van der Waals surface area contributed by atoms with Crippen LogP contribution in [-0.4, -0.2) is 33.5 Å². The van der Waals surface area contributed by atoms with Gasteiger partial charge in [0.15, 0.2) is 22.3 Å². The molecule has 1 aromatic carbocycles. The molecule has 0 radical (unpaired) electrons. The summed E-state index contributed by atoms with van der Waals surface area (Å²) in [4.78, 5) is 12.1. The molecule has 0 aliphatic carbocycles. The van der Waals surface area contributed by atoms with Crippen molar-refractivity contribution in [1.29, 1.82) is 0 Å². The summed E-state index contributed by atoms with van der Waals surface area (Å²) in [6, 6.07) is 15.3. The number of anilines is 2. The molecule has 1 amide bonds. The lowest BCUT2D eigenvalue weighted by Crippen LogP contribution is -2.77. The van der Waals surface area contributed by atoms with Crippen LogP contribution in [0, 0.1) is 0 Å². The molecule has 1 aromatic rings. The van der Waals surface area contributed by atoms with Crippen LogP contribution in [0.25, 0.3) is 0 Å². The molecule has 2 N–H and O–H groups in total. The zero-order valence-corrected chi connectivity index (χ0v) is 20.8. The summed E-state index contributed by atoms with van der Waals surface area (Å²) in [6.07, 6.45) is -0.942. The van der Waals surface area contributed by atoms with Gasteiger partial charge in [0.1, 0.15) is 0 Å². The van der Waals surface area contributed by atoms with E-state index in [0.717, 1.165) is 36.3 Å². The number of benzene rings is 1. The van der Waals surface area contributed by atoms with Crippen LogP contribution < -0.4 is 14.4 Å². The number of fused-ring (bicyclic) bond motifs is 1. The summed E-state index contributed by atoms with van der Waals surface area (Å²) < 4.78 is 5.10. The van der Waals surface area contributed by atoms with Crippen LogP contribution in [0.1, 0.15) is 48.5 Å². The van der Waals surface area contributed by atoms with E-state index in [1.807, 2.05) is 0 Å². The van der Waals surface area contributed by atoms with Crippen molar-refractivity contribution in [1.82, 2.24) is 5.32 Å². The third kappa shape index (κ3) is 3.26. The normalized spacial score (nSPS) is 16.2. The molecular weight excluding hydrogens is 382 g/mol. The first kappa shape index (κ1) is 22.8. The zero-order valence-electron chi connectivity index (χ0n) is 18.8. The van der Waals surface area contributed by atoms with Gasteiger partial charge in [-0.1, -0.05) is 53.7 Å². The van der Waals surface area contributed by atoms with Crippen LogP contribution in [-0.2, 0) is 0 Å². The first-order chi connectivity index (χ1) is 13.3. The lowest BCUT2D eigenvalue weighted by atomic mass is 10.3. The maximum atomic E-state index is 12.1. The SMILES string of the molecule is CC[Si](CC)(CC)N1c2ccccc2N([Si](CC)(CC)CC)C1(C)NC(=O)O. The fraction of sp³-hybridized carbons (Fsp3) is 0.667. The van der Waals surface area contributed by atoms with Crippen LogP contribution in [0.4, 0.5) is 16.2 Å². The predicted octanol–water partition coefficient (Wildman–Crippen LogP) is 6.26. The molecule has 5 nitrogen and oxygen atoms in total. The quantitative estimate of drug-likeness (QED) is 0.462. The lowest BCUT2D eigenvalue weighted by molar-refractivity contribution is 0.182. The van der Waals surface area contributed by atoms with Crippen LogP contribution >= 0.6 is 0 Å². The monoisotopic (exact) mass is 421 g/mol. The molecule has 158 valence electrons. The third-order valence-electron chi connectivity index (χ3n) is 7.48. The molecule has 0 unspecified atom stereocenters. The molecule has 0 aromatic heterocycles. The first-order valence-electron chi connectivity index (χ1n) is 11.0. The maximum Gasteiger partial charge on any atom is 0.407 e. The molecule has 7 heteroatoms. The minimum atomic E-state index is -1.91. The smallest absolute Gasteiger partial charge is 0.407 e. The van der Waals surface area contributed by atoms with Crippen molar-refractivity contribution >= 4 is 33.9 Å². The molecule has 0 saturated heterocycles. The fourth-order valence-corrected chi connectivity index (χ4v) is 14.2. The van der Waals surface area contributed by atoms with E-state index >= 15 is 0 Å². The van der Waals surface area contributed by atoms with Crippen molar-refractivity contribution in [3.8, 4) is 0 Å². The van der Waals surface area contributed by atoms with Crippen molar-refractivity contribution in [3.63, 3.8) is 0 Å². The van der Waals surface area contributed by atoms with Gasteiger partial charge in [-0.2, -0.15) is 0 Å². The van der Waals surface area contributed by atoms with Gasteiger partial charge in [0.25, 0.3) is 0 Å². The number of carboxylic acid groups (broad SMARTS) is 1. The number of para-hydroxylation sites is 2. The first-order valence-corrected chi connectivity index (χ1v) is 16.1. The zero-order chi connectivity index (χ0) is 21.2. The van der Waals surface area contributed by atoms with Crippen LogP contribution in [0.5, 0.6) is 0 Å². The van der Waals surface area contributed by atoms with E-state index in [-0.39, 0.29) is 0 Å². The molecule has 0 atom stereocenters. The Kier molecular flexibility index (Phi) is 6.92. The van der Waals surface area contributed by atoms with Crippen molar-refractivity contribution in [2.24, 2.45) is 0 Å². The number of carbonyl (C=O) groups is 1. The molecule has 0 bridgehead atoms. The van der Waals surface area contributed by atoms with Gasteiger partial charge >= 0.3 is 6.09 Å². The Balaban J connectivity index is 2.87. The van der Waals surface area contributed by atoms with Gasteiger partial charge in [-0.15, -0.1) is 0 Å². The van der Waals surface area contributed by atoms with Gasteiger partial charge in [-0.25, -0.2) is 4.79 Å². The van der Waals surface area contributed by atoms with E-state index in [4.69, 9.17) is 0 Å². The van der Waals surface area contributed by atoms with Gasteiger partial charge in [-0.3, -0.25) is 5.32 Å². The number of nitrogens with zero attached hydrogens (tertiary/aromatic N) is 2. The van der Waals surface area contributed by atoms with Crippen molar-refractivity contribution in [2.75, 3.05) is 9.13 Å². The molecule has 0 saturated carbocycles. The van der Waals surface area contributed by atoms with Crippen molar-refractivity contribution in [3.05, 3.63) is 24.3 Å². The van der Waals surface area contributed by atoms with E-state index in [2.05, 4.69) is 87.2 Å². The van der Waals surface area contributed by atoms with E-state index in [0.29, 0.717) is 0 Å². The minimum Gasteiger partial charge on any atom is -0.465 e. The Morgan fingerprint density at radius 2 is 1.18 bits per heavy atom. The van der Waals surface area contributed by atoms with Crippen LogP contribution in [0.2, 0.25) is 36.3 Å². The molecule has 0 spiro atoms. The fourth-order valence-electron chi connectivity index (χ4n) is 5.61. The molecule has 28 heavy (non-hydrogen) atoms. The summed E-state index contributed by atoms with van der Waals surface area (Å²) in [6.45, 7) is 15.8. The summed E-state index contributed by atoms with van der Waals surface area (Å²) in [5.74, 6) is -0.724. The Labute approximate surface area is 173 Å². The minimum absolute atomic E-state index is 0.724. The average molecular weight is 422 g/mol. The molecule has 1 aliphatic rings. The average Bonchev–Trinajstić information content (AvgIpc) is 2.95. The Bertz CT molecular complexity index is 626. The number of nitrogens with one attached hydrogen (secondary N) is 1. The Morgan fingerprint density at radius 3 is 1.43 bits per heavy atom. The van der Waals surface area contributed by atoms with Gasteiger partial charge in [-0.05, 0) is 55.3 Å². The topological polar surface area (TPSA) is 55.8 Å². The van der Waals surface area contributed by atoms with Crippen LogP contribution in [0.15, 0.2) is 24.3 Å². The largest absolute Gasteiger partial charge is 0.465 e. The highest BCUT2D eigenvalue weighted by atomic mass is 28.3. The lowest BCUT2D eigenvalue weighted by Gasteiger charge is -2.56. The second-order valence-electron chi connectivity index (χ2n) is 8.18. The Hall–Kier alpha value is -1.48. The van der Waals surface area contributed by atoms with Gasteiger partial charge in [0, 0.05) is 0 Å². The molecular formula is C21H39N3O2Si2. The van der Waals surface area contributed by atoms with Gasteiger partial charge in [0.05, 0.1) is 11.4 Å². The number of hydrogen-bond donors (Lipinski definition) is 2. The summed E-state index contributed by atoms with van der Waals surface area (Å²) in [5.41, 5.74) is 2.45. The van der Waals surface area contributed by atoms with Crippen molar-refractivity contribution < 1.29 is 9.90 Å². The second kappa shape index (κ2) is 8.49. The molecule has 1 aliphatic heterocycles. The summed E-state index contributed by atoms with van der Waals surface area (Å²) in [7, 11) is -3.82. The number of hydrogen-bond acceptors (Lipinski definition) is 3. The summed E-state index contributed by atoms with van der Waals surface area (Å²) in [5, 5.41) is 12.9. The van der Waals surface area contributed by atoms with E-state index in [1.165, 1.54) is 11.4 Å². The highest BCUT2D eigenvalue weighted by Crippen LogP contribution is 2.52. The van der Waals surface area contributed by atoms with E-state index < -0.39 is 28.4 Å². The standard InChI is InChI=1S/C21H39N3O2Si2/c1-8-27(9-2,10-3)23-18-16-14-15-17-19(18)24(21(23,7)22-20(25)26)28(11-4,12-5)13-6/h14-17,22H,8-13H2,1-7H3,(H,25,26).